The Bertz CT molecular complexity index is 297. The lowest BCUT2D eigenvalue weighted by molar-refractivity contribution is -0.124. The molecule has 0 aromatic heterocycles. The molecule has 0 aromatic rings. The summed E-state index contributed by atoms with van der Waals surface area (Å²) in [5, 5.41) is 7.01. The monoisotopic (exact) mass is 236 g/mol. The lowest BCUT2D eigenvalue weighted by Crippen LogP contribution is -2.58. The number of carbonyl (C=O) groups is 1. The first kappa shape index (κ1) is 11.5. The van der Waals surface area contributed by atoms with Gasteiger partial charge in [0.1, 0.15) is 0 Å². The largest absolute Gasteiger partial charge is 0.352 e. The van der Waals surface area contributed by atoms with Gasteiger partial charge in [0.2, 0.25) is 5.91 Å². The molecular formula is C14H24N2O. The van der Waals surface area contributed by atoms with Crippen LogP contribution in [0.25, 0.3) is 0 Å². The Morgan fingerprint density at radius 2 is 2.00 bits per heavy atom. The summed E-state index contributed by atoms with van der Waals surface area (Å²) in [6.45, 7) is 2.32. The Morgan fingerprint density at radius 1 is 1.24 bits per heavy atom. The molecule has 1 saturated heterocycles. The summed E-state index contributed by atoms with van der Waals surface area (Å²) in [4.78, 5) is 11.5. The summed E-state index contributed by atoms with van der Waals surface area (Å²) in [7, 11) is 0. The summed E-state index contributed by atoms with van der Waals surface area (Å²) in [5.74, 6) is 1.90. The summed E-state index contributed by atoms with van der Waals surface area (Å²) >= 11 is 0. The third-order valence-corrected chi connectivity index (χ3v) is 4.91. The highest BCUT2D eigenvalue weighted by Crippen LogP contribution is 2.37. The fraction of sp³-hybridized carbons (Fsp3) is 0.929. The third-order valence-electron chi connectivity index (χ3n) is 4.91. The average Bonchev–Trinajstić information content (AvgIpc) is 3.01. The molecule has 3 heteroatoms. The van der Waals surface area contributed by atoms with Crippen LogP contribution in [-0.4, -0.2) is 24.0 Å². The van der Waals surface area contributed by atoms with Crippen molar-refractivity contribution >= 4 is 5.91 Å². The van der Waals surface area contributed by atoms with Crippen LogP contribution in [0.2, 0.25) is 0 Å². The van der Waals surface area contributed by atoms with Gasteiger partial charge in [0.25, 0.3) is 0 Å². The molecule has 17 heavy (non-hydrogen) atoms. The van der Waals surface area contributed by atoms with Crippen molar-refractivity contribution in [1.29, 1.82) is 0 Å². The molecule has 2 saturated carbocycles. The average molecular weight is 236 g/mol. The van der Waals surface area contributed by atoms with Gasteiger partial charge in [0.05, 0.1) is 0 Å². The molecule has 2 aliphatic carbocycles. The Balaban J connectivity index is 1.57. The molecule has 3 atom stereocenters. The van der Waals surface area contributed by atoms with Crippen LogP contribution in [-0.2, 0) is 4.79 Å². The predicted octanol–water partition coefficient (Wildman–Crippen LogP) is 1.82. The van der Waals surface area contributed by atoms with Gasteiger partial charge < -0.3 is 10.6 Å². The van der Waals surface area contributed by atoms with Gasteiger partial charge in [0, 0.05) is 24.5 Å². The van der Waals surface area contributed by atoms with E-state index in [0.29, 0.717) is 24.5 Å². The van der Waals surface area contributed by atoms with Crippen LogP contribution in [0.5, 0.6) is 0 Å². The number of carbonyl (C=O) groups excluding carboxylic acids is 1. The molecule has 96 valence electrons. The Labute approximate surface area is 104 Å². The molecule has 0 spiro atoms. The van der Waals surface area contributed by atoms with Gasteiger partial charge >= 0.3 is 0 Å². The second kappa shape index (κ2) is 4.60. The lowest BCUT2D eigenvalue weighted by Gasteiger charge is -2.39. The van der Waals surface area contributed by atoms with Crippen LogP contribution in [0, 0.1) is 11.8 Å². The van der Waals surface area contributed by atoms with Crippen LogP contribution >= 0.6 is 0 Å². The van der Waals surface area contributed by atoms with Gasteiger partial charge in [0.15, 0.2) is 0 Å². The highest BCUT2D eigenvalue weighted by atomic mass is 16.1. The van der Waals surface area contributed by atoms with Crippen LogP contribution < -0.4 is 10.6 Å². The molecule has 3 aliphatic rings. The molecule has 3 fully saturated rings. The molecule has 3 unspecified atom stereocenters. The van der Waals surface area contributed by atoms with Crippen molar-refractivity contribution in [3.8, 4) is 0 Å². The lowest BCUT2D eigenvalue weighted by atomic mass is 9.79. The molecule has 1 aliphatic heterocycles. The molecule has 1 heterocycles. The minimum absolute atomic E-state index is 0.260. The number of hydrogen-bond acceptors (Lipinski definition) is 2. The van der Waals surface area contributed by atoms with Crippen molar-refractivity contribution in [3.05, 3.63) is 0 Å². The first-order valence-electron chi connectivity index (χ1n) is 7.29. The van der Waals surface area contributed by atoms with E-state index in [4.69, 9.17) is 0 Å². The fourth-order valence-corrected chi connectivity index (χ4v) is 3.33. The van der Waals surface area contributed by atoms with E-state index < -0.39 is 0 Å². The van der Waals surface area contributed by atoms with Crippen LogP contribution in [0.3, 0.4) is 0 Å². The smallest absolute Gasteiger partial charge is 0.220 e. The van der Waals surface area contributed by atoms with Crippen molar-refractivity contribution in [1.82, 2.24) is 10.6 Å². The molecule has 2 N–H and O–H groups in total. The van der Waals surface area contributed by atoms with E-state index in [1.807, 2.05) is 0 Å². The molecule has 3 nitrogen and oxygen atoms in total. The zero-order valence-corrected chi connectivity index (χ0v) is 10.7. The van der Waals surface area contributed by atoms with E-state index in [2.05, 4.69) is 17.6 Å². The van der Waals surface area contributed by atoms with Gasteiger partial charge in [-0.2, -0.15) is 0 Å². The quantitative estimate of drug-likeness (QED) is 0.782. The van der Waals surface area contributed by atoms with Gasteiger partial charge in [-0.1, -0.05) is 6.42 Å². The van der Waals surface area contributed by atoms with Gasteiger partial charge in [-0.25, -0.2) is 0 Å². The van der Waals surface area contributed by atoms with Gasteiger partial charge in [-0.3, -0.25) is 4.79 Å². The number of nitrogens with one attached hydrogen (secondary N) is 2. The standard InChI is InChI=1S/C14H24N2O/c1-9(10-3-2-4-10)15-12-7-8-13(17)16-14(12)11-5-6-11/h9-12,14-15H,2-8H2,1H3,(H,16,17). The summed E-state index contributed by atoms with van der Waals surface area (Å²) in [6, 6.07) is 1.57. The zero-order chi connectivity index (χ0) is 11.8. The topological polar surface area (TPSA) is 41.1 Å². The maximum atomic E-state index is 11.5. The number of amides is 1. The van der Waals surface area contributed by atoms with E-state index in [1.54, 1.807) is 0 Å². The van der Waals surface area contributed by atoms with Crippen molar-refractivity contribution in [2.24, 2.45) is 11.8 Å². The van der Waals surface area contributed by atoms with Crippen molar-refractivity contribution < 1.29 is 4.79 Å². The summed E-state index contributed by atoms with van der Waals surface area (Å²) in [5.41, 5.74) is 0. The molecule has 0 bridgehead atoms. The third kappa shape index (κ3) is 2.49. The van der Waals surface area contributed by atoms with E-state index in [9.17, 15) is 4.79 Å². The fourth-order valence-electron chi connectivity index (χ4n) is 3.33. The van der Waals surface area contributed by atoms with Gasteiger partial charge in [-0.05, 0) is 50.9 Å². The second-order valence-electron chi connectivity index (χ2n) is 6.22. The molecular weight excluding hydrogens is 212 g/mol. The first-order chi connectivity index (χ1) is 8.24. The van der Waals surface area contributed by atoms with Crippen LogP contribution in [0.4, 0.5) is 0 Å². The first-order valence-corrected chi connectivity index (χ1v) is 7.29. The molecule has 3 rings (SSSR count). The SMILES string of the molecule is CC(NC1CCC(=O)NC1C1CC1)C1CCC1. The van der Waals surface area contributed by atoms with Crippen LogP contribution in [0.1, 0.15) is 51.9 Å². The van der Waals surface area contributed by atoms with Gasteiger partial charge in [-0.15, -0.1) is 0 Å². The van der Waals surface area contributed by atoms with E-state index in [-0.39, 0.29) is 5.91 Å². The van der Waals surface area contributed by atoms with E-state index in [0.717, 1.165) is 18.3 Å². The normalized spacial score (nSPS) is 36.2. The zero-order valence-electron chi connectivity index (χ0n) is 10.7. The second-order valence-corrected chi connectivity index (χ2v) is 6.22. The molecule has 0 radical (unpaired) electrons. The Hall–Kier alpha value is -0.570. The van der Waals surface area contributed by atoms with Crippen LogP contribution in [0.15, 0.2) is 0 Å². The van der Waals surface area contributed by atoms with Crippen molar-refractivity contribution in [2.75, 3.05) is 0 Å². The number of piperidine rings is 1. The molecule has 0 aromatic carbocycles. The minimum Gasteiger partial charge on any atom is -0.352 e. The summed E-state index contributed by atoms with van der Waals surface area (Å²) in [6.07, 6.45) is 8.54. The highest BCUT2D eigenvalue weighted by molar-refractivity contribution is 5.77. The Morgan fingerprint density at radius 3 is 2.59 bits per heavy atom. The molecule has 1 amide bonds. The predicted molar refractivity (Wildman–Crippen MR) is 67.6 cm³/mol. The van der Waals surface area contributed by atoms with E-state index >= 15 is 0 Å². The summed E-state index contributed by atoms with van der Waals surface area (Å²) < 4.78 is 0. The highest BCUT2D eigenvalue weighted by Gasteiger charge is 2.40. The van der Waals surface area contributed by atoms with E-state index in [1.165, 1.54) is 32.1 Å². The number of hydrogen-bond donors (Lipinski definition) is 2. The maximum absolute atomic E-state index is 11.5. The maximum Gasteiger partial charge on any atom is 0.220 e. The Kier molecular flexibility index (Phi) is 3.12. The number of rotatable bonds is 4. The van der Waals surface area contributed by atoms with Crippen molar-refractivity contribution in [2.45, 2.75) is 70.0 Å². The van der Waals surface area contributed by atoms with Crippen molar-refractivity contribution in [3.63, 3.8) is 0 Å². The minimum atomic E-state index is 0.260.